The minimum atomic E-state index is -0.660. The molecule has 0 radical (unpaired) electrons. The summed E-state index contributed by atoms with van der Waals surface area (Å²) in [4.78, 5) is 56.5. The second-order valence-corrected chi connectivity index (χ2v) is 20.7. The van der Waals surface area contributed by atoms with Crippen LogP contribution in [0.3, 0.4) is 0 Å². The normalized spacial score (nSPS) is 17.4. The van der Waals surface area contributed by atoms with Crippen molar-refractivity contribution in [2.75, 3.05) is 52.9 Å². The molecule has 2 saturated heterocycles. The molecule has 2 aliphatic carbocycles. The van der Waals surface area contributed by atoms with E-state index in [0.717, 1.165) is 85.9 Å². The molecule has 0 amide bonds. The summed E-state index contributed by atoms with van der Waals surface area (Å²) in [7, 11) is 0. The molecule has 12 rings (SSSR count). The predicted octanol–water partition coefficient (Wildman–Crippen LogP) is 11.2. The number of rotatable bonds is 19. The van der Waals surface area contributed by atoms with Crippen LogP contribution in [0.4, 0.5) is 0 Å². The smallest absolute Gasteiger partial charge is 0.379 e. The lowest BCUT2D eigenvalue weighted by molar-refractivity contribution is -0.133. The third kappa shape index (κ3) is 10.6. The Labute approximate surface area is 438 Å². The van der Waals surface area contributed by atoms with E-state index >= 15 is 0 Å². The van der Waals surface area contributed by atoms with Gasteiger partial charge in [0.05, 0.1) is 39.6 Å². The number of ether oxygens (including phenoxy) is 8. The first-order valence-electron chi connectivity index (χ1n) is 24.8. The maximum absolute atomic E-state index is 14.5. The van der Waals surface area contributed by atoms with Crippen LogP contribution in [-0.2, 0) is 37.2 Å². The summed E-state index contributed by atoms with van der Waals surface area (Å²) in [6, 6.07) is 40.3. The zero-order chi connectivity index (χ0) is 50.9. The van der Waals surface area contributed by atoms with E-state index in [1.165, 1.54) is 35.7 Å². The van der Waals surface area contributed by atoms with Crippen molar-refractivity contribution in [2.45, 2.75) is 53.1 Å². The van der Waals surface area contributed by atoms with Crippen molar-refractivity contribution in [1.82, 2.24) is 0 Å². The van der Waals surface area contributed by atoms with Crippen LogP contribution in [0.5, 0.6) is 23.4 Å². The molecular formula is C59H48O14S2. The van der Waals surface area contributed by atoms with Crippen molar-refractivity contribution in [2.24, 2.45) is 0 Å². The van der Waals surface area contributed by atoms with Gasteiger partial charge in [-0.3, -0.25) is 9.59 Å². The van der Waals surface area contributed by atoms with Crippen LogP contribution in [0.15, 0.2) is 152 Å². The van der Waals surface area contributed by atoms with Crippen LogP contribution in [0, 0.1) is 0 Å². The van der Waals surface area contributed by atoms with E-state index in [2.05, 4.69) is 12.1 Å². The first kappa shape index (κ1) is 48.7. The molecule has 2 aliphatic heterocycles. The highest BCUT2D eigenvalue weighted by Gasteiger charge is 2.48. The molecule has 6 aromatic carbocycles. The average molecular weight is 1050 g/mol. The Kier molecular flexibility index (Phi) is 13.8. The van der Waals surface area contributed by atoms with Gasteiger partial charge in [0.2, 0.25) is 21.8 Å². The number of fused-ring (bicyclic) bond motifs is 6. The quantitative estimate of drug-likeness (QED) is 0.0246. The lowest BCUT2D eigenvalue weighted by Crippen LogP contribution is -2.36. The maximum Gasteiger partial charge on any atom is 0.379 e. The summed E-state index contributed by atoms with van der Waals surface area (Å²) in [6.07, 6.45) is 3.46. The standard InChI is InChI=1S/C59H48O14S2/c60-55(49-15-17-51(72-49)67-24-23-64-31-44-34-69-44)70-41-11-7-39-29-45(13-9-37(39)27-41)74-57(62)47-5-1-3-35-19-21-59(53(35)47)22-20-36-4-2-6-48(54(36)59)58(63)75-46-14-10-38-28-42(12-8-40(38)30-46)71-56(61)50-16-18-52(73-50)68-26-25-66-43-32-65-33-43/h1-18,27-30,43-44H,19-26,31-34H2. The van der Waals surface area contributed by atoms with Crippen LogP contribution in [0.2, 0.25) is 0 Å². The zero-order valence-electron chi connectivity index (χ0n) is 40.4. The molecule has 14 nitrogen and oxygen atoms in total. The zero-order valence-corrected chi connectivity index (χ0v) is 42.0. The van der Waals surface area contributed by atoms with Crippen LogP contribution in [0.25, 0.3) is 21.5 Å². The molecule has 0 N–H and O–H groups in total. The molecule has 0 bridgehead atoms. The molecule has 380 valence electrons. The summed E-state index contributed by atoms with van der Waals surface area (Å²) in [6.45, 7) is 3.69. The minimum absolute atomic E-state index is 0.00668. The number of thioether (sulfide) groups is 2. The Morgan fingerprint density at radius 3 is 1.56 bits per heavy atom. The summed E-state index contributed by atoms with van der Waals surface area (Å²) < 4.78 is 54.8. The first-order chi connectivity index (χ1) is 36.7. The fourth-order valence-corrected chi connectivity index (χ4v) is 11.7. The van der Waals surface area contributed by atoms with Gasteiger partial charge in [0, 0.05) is 38.5 Å². The van der Waals surface area contributed by atoms with Crippen molar-refractivity contribution in [3.8, 4) is 23.4 Å². The third-order valence-electron chi connectivity index (χ3n) is 13.8. The Morgan fingerprint density at radius 2 is 1.05 bits per heavy atom. The second kappa shape index (κ2) is 21.2. The van der Waals surface area contributed by atoms with Gasteiger partial charge >= 0.3 is 11.9 Å². The summed E-state index contributed by atoms with van der Waals surface area (Å²) in [5.74, 6) is -0.234. The Bertz CT molecular complexity index is 3490. The van der Waals surface area contributed by atoms with Crippen LogP contribution < -0.4 is 18.9 Å². The van der Waals surface area contributed by atoms with Gasteiger partial charge in [0.25, 0.3) is 11.9 Å². The van der Waals surface area contributed by atoms with Crippen LogP contribution >= 0.6 is 23.5 Å². The number of hydrogen-bond acceptors (Lipinski definition) is 16. The molecule has 2 fully saturated rings. The van der Waals surface area contributed by atoms with E-state index in [1.54, 1.807) is 36.4 Å². The van der Waals surface area contributed by atoms with Crippen molar-refractivity contribution in [3.63, 3.8) is 0 Å². The van der Waals surface area contributed by atoms with Crippen LogP contribution in [0.1, 0.15) is 76.9 Å². The molecule has 8 aromatic rings. The van der Waals surface area contributed by atoms with Gasteiger partial charge in [-0.05, 0) is 154 Å². The summed E-state index contributed by atoms with van der Waals surface area (Å²) in [5.41, 5.74) is 5.12. The van der Waals surface area contributed by atoms with Gasteiger partial charge in [-0.1, -0.05) is 60.7 Å². The fourth-order valence-electron chi connectivity index (χ4n) is 10.1. The molecule has 75 heavy (non-hydrogen) atoms. The summed E-state index contributed by atoms with van der Waals surface area (Å²) >= 11 is 2.35. The SMILES string of the molecule is O=C(Oc1ccc2cc(SC(=O)c3cccc4c3C3(CC4)CCc4cccc(C(=O)Sc5ccc6cc(OC(=O)c7ccc(OCCOC8COC8)o7)ccc6c5)c43)ccc2c1)c1ccc(OCCOCC2CO2)o1. The van der Waals surface area contributed by atoms with Crippen molar-refractivity contribution in [3.05, 3.63) is 178 Å². The molecule has 4 aliphatic rings. The number of epoxide rings is 1. The van der Waals surface area contributed by atoms with Gasteiger partial charge in [-0.2, -0.15) is 0 Å². The molecule has 1 spiro atoms. The topological polar surface area (TPSA) is 172 Å². The van der Waals surface area contributed by atoms with E-state index in [1.807, 2.05) is 72.8 Å². The molecule has 2 atom stereocenters. The number of furan rings is 2. The third-order valence-corrected chi connectivity index (χ3v) is 15.6. The molecule has 2 unspecified atom stereocenters. The largest absolute Gasteiger partial charge is 0.463 e. The van der Waals surface area contributed by atoms with E-state index in [0.29, 0.717) is 55.7 Å². The fraction of sp³-hybridized carbons (Fsp3) is 0.254. The highest BCUT2D eigenvalue weighted by molar-refractivity contribution is 8.14. The van der Waals surface area contributed by atoms with Gasteiger partial charge < -0.3 is 46.7 Å². The van der Waals surface area contributed by atoms with Gasteiger partial charge in [0.15, 0.2) is 0 Å². The predicted molar refractivity (Wildman–Crippen MR) is 278 cm³/mol. The molecule has 0 saturated carbocycles. The highest BCUT2D eigenvalue weighted by Crippen LogP contribution is 2.55. The summed E-state index contributed by atoms with van der Waals surface area (Å²) in [5, 5.41) is 3.26. The van der Waals surface area contributed by atoms with E-state index in [9.17, 15) is 19.2 Å². The monoisotopic (exact) mass is 1040 g/mol. The number of hydrogen-bond donors (Lipinski definition) is 0. The number of benzene rings is 6. The number of carbonyl (C=O) groups excluding carboxylic acids is 4. The van der Waals surface area contributed by atoms with E-state index in [-0.39, 0.29) is 59.1 Å². The highest BCUT2D eigenvalue weighted by atomic mass is 32.2. The molecule has 4 heterocycles. The lowest BCUT2D eigenvalue weighted by atomic mass is 9.73. The Hall–Kier alpha value is -7.18. The first-order valence-corrected chi connectivity index (χ1v) is 26.4. The van der Waals surface area contributed by atoms with Gasteiger partial charge in [-0.25, -0.2) is 9.59 Å². The molecular weight excluding hydrogens is 997 g/mol. The van der Waals surface area contributed by atoms with Gasteiger partial charge in [-0.15, -0.1) is 0 Å². The molecule has 2 aromatic heterocycles. The average Bonchev–Trinajstić information content (AvgIpc) is 3.77. The van der Waals surface area contributed by atoms with Crippen molar-refractivity contribution < 1.29 is 65.9 Å². The second-order valence-electron chi connectivity index (χ2n) is 18.7. The number of esters is 2. The number of aryl methyl sites for hydroxylation is 2. The van der Waals surface area contributed by atoms with Crippen molar-refractivity contribution in [1.29, 1.82) is 0 Å². The van der Waals surface area contributed by atoms with E-state index < -0.39 is 17.4 Å². The maximum atomic E-state index is 14.5. The lowest BCUT2D eigenvalue weighted by Gasteiger charge is -2.30. The van der Waals surface area contributed by atoms with Crippen LogP contribution in [-0.4, -0.2) is 87.2 Å². The minimum Gasteiger partial charge on any atom is -0.463 e. The Morgan fingerprint density at radius 1 is 0.547 bits per heavy atom. The van der Waals surface area contributed by atoms with Crippen molar-refractivity contribution >= 4 is 67.2 Å². The Balaban J connectivity index is 0.697. The molecule has 16 heteroatoms. The van der Waals surface area contributed by atoms with Gasteiger partial charge in [0.1, 0.15) is 36.9 Å². The number of carbonyl (C=O) groups is 4. The van der Waals surface area contributed by atoms with E-state index in [4.69, 9.17) is 46.7 Å².